The van der Waals surface area contributed by atoms with Crippen molar-refractivity contribution in [2.24, 2.45) is 5.14 Å². The molecule has 10 heteroatoms. The van der Waals surface area contributed by atoms with Gasteiger partial charge < -0.3 is 10.3 Å². The summed E-state index contributed by atoms with van der Waals surface area (Å²) >= 11 is 0. The fraction of sp³-hybridized carbons (Fsp3) is 0.375. The molecule has 102 valence electrons. The number of sulfonamides is 1. The van der Waals surface area contributed by atoms with Crippen molar-refractivity contribution >= 4 is 25.8 Å². The third-order valence-electron chi connectivity index (χ3n) is 1.99. The fourth-order valence-corrected chi connectivity index (χ4v) is 2.09. The monoisotopic (exact) mass is 295 g/mol. The van der Waals surface area contributed by atoms with Crippen LogP contribution in [0.25, 0.3) is 0 Å². The highest BCUT2D eigenvalue weighted by Gasteiger charge is 2.14. The van der Waals surface area contributed by atoms with Gasteiger partial charge in [0.1, 0.15) is 15.5 Å². The number of hydrogen-bond donors (Lipinski definition) is 3. The molecule has 0 aliphatic rings. The smallest absolute Gasteiger partial charge is 0.267 e. The van der Waals surface area contributed by atoms with Gasteiger partial charge in [0.15, 0.2) is 0 Å². The van der Waals surface area contributed by atoms with E-state index in [1.54, 1.807) is 0 Å². The first kappa shape index (κ1) is 14.7. The van der Waals surface area contributed by atoms with E-state index in [0.717, 1.165) is 18.5 Å². The van der Waals surface area contributed by atoms with Crippen LogP contribution in [0.1, 0.15) is 10.5 Å². The van der Waals surface area contributed by atoms with Crippen LogP contribution >= 0.6 is 0 Å². The molecule has 8 nitrogen and oxygen atoms in total. The first-order chi connectivity index (χ1) is 8.09. The summed E-state index contributed by atoms with van der Waals surface area (Å²) in [5.41, 5.74) is -0.00692. The Bertz CT molecular complexity index is 644. The number of rotatable bonds is 5. The Hall–Kier alpha value is -1.39. The number of aromatic nitrogens is 1. The lowest BCUT2D eigenvalue weighted by Gasteiger charge is -2.01. The topological polar surface area (TPSA) is 139 Å². The average Bonchev–Trinajstić information content (AvgIpc) is 2.62. The maximum atomic E-state index is 11.5. The van der Waals surface area contributed by atoms with Crippen LogP contribution in [-0.2, 0) is 19.9 Å². The average molecular weight is 295 g/mol. The van der Waals surface area contributed by atoms with Gasteiger partial charge >= 0.3 is 0 Å². The number of carbonyl (C=O) groups excluding carboxylic acids is 1. The molecule has 0 saturated carbocycles. The third-order valence-corrected chi connectivity index (χ3v) is 3.83. The molecular formula is C8H13N3O5S2. The molecule has 1 rings (SSSR count). The molecule has 0 spiro atoms. The van der Waals surface area contributed by atoms with Gasteiger partial charge in [-0.2, -0.15) is 0 Å². The van der Waals surface area contributed by atoms with Gasteiger partial charge in [-0.05, 0) is 6.07 Å². The molecule has 0 fully saturated rings. The zero-order valence-corrected chi connectivity index (χ0v) is 11.1. The SMILES string of the molecule is CS(=O)(=O)CCNC(=O)c1cc(S(N)(=O)=O)c[nH]1. The first-order valence-corrected chi connectivity index (χ1v) is 8.37. The molecule has 0 atom stereocenters. The van der Waals surface area contributed by atoms with E-state index in [-0.39, 0.29) is 22.9 Å². The van der Waals surface area contributed by atoms with Gasteiger partial charge in [0.05, 0.1) is 10.6 Å². The summed E-state index contributed by atoms with van der Waals surface area (Å²) in [6.45, 7) is -0.0542. The first-order valence-electron chi connectivity index (χ1n) is 4.77. The van der Waals surface area contributed by atoms with Gasteiger partial charge in [0, 0.05) is 19.0 Å². The Kier molecular flexibility index (Phi) is 4.14. The molecule has 0 radical (unpaired) electrons. The number of carbonyl (C=O) groups is 1. The van der Waals surface area contributed by atoms with Gasteiger partial charge in [-0.1, -0.05) is 0 Å². The van der Waals surface area contributed by atoms with Crippen LogP contribution < -0.4 is 10.5 Å². The number of primary sulfonamides is 1. The Morgan fingerprint density at radius 3 is 2.44 bits per heavy atom. The Labute approximate surface area is 105 Å². The Morgan fingerprint density at radius 1 is 1.39 bits per heavy atom. The van der Waals surface area contributed by atoms with Crippen LogP contribution in [0.3, 0.4) is 0 Å². The molecule has 1 aromatic heterocycles. The number of nitrogens with one attached hydrogen (secondary N) is 2. The zero-order chi connectivity index (χ0) is 14.0. The lowest BCUT2D eigenvalue weighted by atomic mass is 10.4. The highest BCUT2D eigenvalue weighted by molar-refractivity contribution is 7.90. The van der Waals surface area contributed by atoms with Crippen molar-refractivity contribution in [3.63, 3.8) is 0 Å². The van der Waals surface area contributed by atoms with Gasteiger partial charge in [-0.25, -0.2) is 22.0 Å². The summed E-state index contributed by atoms with van der Waals surface area (Å²) in [5.74, 6) is -0.796. The molecule has 0 aliphatic carbocycles. The molecule has 0 unspecified atom stereocenters. The van der Waals surface area contributed by atoms with Gasteiger partial charge in [-0.15, -0.1) is 0 Å². The minimum absolute atomic E-state index is 0.00692. The molecule has 0 bridgehead atoms. The van der Waals surface area contributed by atoms with Crippen molar-refractivity contribution in [3.05, 3.63) is 18.0 Å². The second-order valence-corrected chi connectivity index (χ2v) is 7.50. The molecule has 0 aliphatic heterocycles. The van der Waals surface area contributed by atoms with Crippen LogP contribution in [0.4, 0.5) is 0 Å². The number of sulfone groups is 1. The minimum Gasteiger partial charge on any atom is -0.356 e. The van der Waals surface area contributed by atoms with Crippen molar-refractivity contribution in [2.45, 2.75) is 4.90 Å². The largest absolute Gasteiger partial charge is 0.356 e. The van der Waals surface area contributed by atoms with E-state index in [1.807, 2.05) is 0 Å². The predicted molar refractivity (Wildman–Crippen MR) is 64.2 cm³/mol. The van der Waals surface area contributed by atoms with Crippen molar-refractivity contribution in [2.75, 3.05) is 18.6 Å². The van der Waals surface area contributed by atoms with E-state index in [0.29, 0.717) is 0 Å². The lowest BCUT2D eigenvalue weighted by Crippen LogP contribution is -2.29. The van der Waals surface area contributed by atoms with E-state index >= 15 is 0 Å². The minimum atomic E-state index is -3.87. The van der Waals surface area contributed by atoms with Crippen molar-refractivity contribution in [1.29, 1.82) is 0 Å². The maximum Gasteiger partial charge on any atom is 0.267 e. The number of H-pyrrole nitrogens is 1. The third kappa shape index (κ3) is 4.47. The van der Waals surface area contributed by atoms with Crippen molar-refractivity contribution in [3.8, 4) is 0 Å². The maximum absolute atomic E-state index is 11.5. The molecule has 1 heterocycles. The van der Waals surface area contributed by atoms with Crippen molar-refractivity contribution < 1.29 is 21.6 Å². The van der Waals surface area contributed by atoms with Crippen LogP contribution in [0.5, 0.6) is 0 Å². The van der Waals surface area contributed by atoms with Gasteiger partial charge in [0.2, 0.25) is 10.0 Å². The highest BCUT2D eigenvalue weighted by atomic mass is 32.2. The molecule has 0 aromatic carbocycles. The molecule has 1 aromatic rings. The molecular weight excluding hydrogens is 282 g/mol. The summed E-state index contributed by atoms with van der Waals surface area (Å²) in [4.78, 5) is 13.7. The number of nitrogens with two attached hydrogens (primary N) is 1. The Balaban J connectivity index is 2.66. The second-order valence-electron chi connectivity index (χ2n) is 3.68. The van der Waals surface area contributed by atoms with E-state index in [9.17, 15) is 21.6 Å². The highest BCUT2D eigenvalue weighted by Crippen LogP contribution is 2.08. The van der Waals surface area contributed by atoms with E-state index < -0.39 is 25.8 Å². The number of hydrogen-bond acceptors (Lipinski definition) is 5. The molecule has 0 saturated heterocycles. The van der Waals surface area contributed by atoms with Crippen LogP contribution in [0.15, 0.2) is 17.2 Å². The second kappa shape index (κ2) is 5.08. The fourth-order valence-electron chi connectivity index (χ4n) is 1.12. The Morgan fingerprint density at radius 2 is 2.00 bits per heavy atom. The quantitative estimate of drug-likeness (QED) is 0.602. The van der Waals surface area contributed by atoms with Crippen molar-refractivity contribution in [1.82, 2.24) is 10.3 Å². The summed E-state index contributed by atoms with van der Waals surface area (Å²) < 4.78 is 43.6. The van der Waals surface area contributed by atoms with Gasteiger partial charge in [-0.3, -0.25) is 4.79 Å². The summed E-state index contributed by atoms with van der Waals surface area (Å²) in [7, 11) is -7.03. The van der Waals surface area contributed by atoms with E-state index in [2.05, 4.69) is 10.3 Å². The summed E-state index contributed by atoms with van der Waals surface area (Å²) in [6.07, 6.45) is 2.13. The van der Waals surface area contributed by atoms with Crippen LogP contribution in [-0.4, -0.2) is 46.3 Å². The molecule has 18 heavy (non-hydrogen) atoms. The number of amides is 1. The standard InChI is InChI=1S/C8H13N3O5S2/c1-17(13,14)3-2-10-8(12)7-4-6(5-11-7)18(9,15)16/h4-5,11H,2-3H2,1H3,(H,10,12)(H2,9,15,16). The van der Waals surface area contributed by atoms with Crippen LogP contribution in [0, 0.1) is 0 Å². The summed E-state index contributed by atoms with van der Waals surface area (Å²) in [5, 5.41) is 7.20. The van der Waals surface area contributed by atoms with Crippen LogP contribution in [0.2, 0.25) is 0 Å². The lowest BCUT2D eigenvalue weighted by molar-refractivity contribution is 0.0951. The molecule has 1 amide bonds. The zero-order valence-electron chi connectivity index (χ0n) is 9.50. The molecule has 4 N–H and O–H groups in total. The summed E-state index contributed by atoms with van der Waals surface area (Å²) in [6, 6.07) is 1.07. The normalized spacial score (nSPS) is 12.3. The van der Waals surface area contributed by atoms with E-state index in [1.165, 1.54) is 0 Å². The van der Waals surface area contributed by atoms with Gasteiger partial charge in [0.25, 0.3) is 5.91 Å². The number of aromatic amines is 1. The van der Waals surface area contributed by atoms with E-state index in [4.69, 9.17) is 5.14 Å². The predicted octanol–water partition coefficient (Wildman–Crippen LogP) is -1.56.